The molecule has 2 aromatic heterocycles. The topological polar surface area (TPSA) is 57.4 Å². The van der Waals surface area contributed by atoms with E-state index in [2.05, 4.69) is 124 Å². The Labute approximate surface area is 277 Å². The molecule has 0 amide bonds. The summed E-state index contributed by atoms with van der Waals surface area (Å²) in [5.41, 5.74) is 11.2. The van der Waals surface area contributed by atoms with Gasteiger partial charge in [-0.2, -0.15) is 10.5 Å². The second-order valence-corrected chi connectivity index (χ2v) is 12.0. The molecule has 0 spiro atoms. The molecule has 0 atom stereocenters. The second-order valence-electron chi connectivity index (χ2n) is 12.0. The van der Waals surface area contributed by atoms with Crippen LogP contribution in [0.2, 0.25) is 0 Å². The highest BCUT2D eigenvalue weighted by Gasteiger charge is 2.19. The Balaban J connectivity index is 1.35. The number of nitriles is 2. The van der Waals surface area contributed by atoms with Crippen molar-refractivity contribution in [3.63, 3.8) is 0 Å². The van der Waals surface area contributed by atoms with Crippen molar-refractivity contribution in [2.24, 2.45) is 0 Å². The minimum atomic E-state index is 0.603. The van der Waals surface area contributed by atoms with Crippen molar-refractivity contribution >= 4 is 43.6 Å². The van der Waals surface area contributed by atoms with E-state index < -0.39 is 0 Å². The Morgan fingerprint density at radius 2 is 0.917 bits per heavy atom. The van der Waals surface area contributed by atoms with Gasteiger partial charge in [0.15, 0.2) is 0 Å². The van der Waals surface area contributed by atoms with E-state index in [1.807, 2.05) is 54.6 Å². The number of hydrogen-bond acceptors (Lipinski definition) is 2. The average molecular weight is 611 g/mol. The van der Waals surface area contributed by atoms with Crippen molar-refractivity contribution in [1.29, 1.82) is 10.5 Å². The van der Waals surface area contributed by atoms with Crippen LogP contribution >= 0.6 is 0 Å². The number of nitrogens with zero attached hydrogens (tertiary/aromatic N) is 4. The van der Waals surface area contributed by atoms with Crippen molar-refractivity contribution in [3.8, 4) is 45.8 Å². The molecule has 222 valence electrons. The largest absolute Gasteiger partial charge is 0.308 e. The summed E-state index contributed by atoms with van der Waals surface area (Å²) < 4.78 is 4.43. The van der Waals surface area contributed by atoms with Crippen LogP contribution in [0.5, 0.6) is 0 Å². The molecule has 4 heteroatoms. The minimum absolute atomic E-state index is 0.603. The predicted molar refractivity (Wildman–Crippen MR) is 195 cm³/mol. The number of para-hydroxylation sites is 4. The molecule has 0 N–H and O–H groups in total. The number of benzene rings is 7. The quantitative estimate of drug-likeness (QED) is 0.199. The molecule has 48 heavy (non-hydrogen) atoms. The van der Waals surface area contributed by atoms with Gasteiger partial charge in [0.25, 0.3) is 0 Å². The van der Waals surface area contributed by atoms with E-state index in [1.165, 1.54) is 0 Å². The van der Waals surface area contributed by atoms with Gasteiger partial charge in [0.2, 0.25) is 0 Å². The third-order valence-electron chi connectivity index (χ3n) is 9.37. The molecular weight excluding hydrogens is 585 g/mol. The highest BCUT2D eigenvalue weighted by molar-refractivity contribution is 6.11. The Bertz CT molecular complexity index is 2750. The highest BCUT2D eigenvalue weighted by Crippen LogP contribution is 2.39. The lowest BCUT2D eigenvalue weighted by molar-refractivity contribution is 1.16. The third-order valence-corrected chi connectivity index (χ3v) is 9.37. The summed E-state index contributed by atoms with van der Waals surface area (Å²) in [5, 5.41) is 25.0. The molecule has 0 unspecified atom stereocenters. The molecule has 7 aromatic carbocycles. The average Bonchev–Trinajstić information content (AvgIpc) is 3.68. The van der Waals surface area contributed by atoms with E-state index in [9.17, 15) is 10.5 Å². The van der Waals surface area contributed by atoms with Crippen LogP contribution < -0.4 is 0 Å². The van der Waals surface area contributed by atoms with Gasteiger partial charge in [-0.05, 0) is 76.9 Å². The lowest BCUT2D eigenvalue weighted by Crippen LogP contribution is -1.99. The zero-order chi connectivity index (χ0) is 32.2. The molecule has 0 aliphatic carbocycles. The molecule has 0 aliphatic rings. The summed E-state index contributed by atoms with van der Waals surface area (Å²) in [6.45, 7) is 0. The molecule has 0 saturated carbocycles. The van der Waals surface area contributed by atoms with Crippen molar-refractivity contribution in [2.75, 3.05) is 0 Å². The maximum Gasteiger partial charge on any atom is 0.101 e. The van der Waals surface area contributed by atoms with Crippen LogP contribution in [0.4, 0.5) is 0 Å². The molecule has 9 aromatic rings. The number of hydrogen-bond donors (Lipinski definition) is 0. The zero-order valence-corrected chi connectivity index (χ0v) is 25.8. The predicted octanol–water partition coefficient (Wildman–Crippen LogP) is 11.0. The zero-order valence-electron chi connectivity index (χ0n) is 25.8. The van der Waals surface area contributed by atoms with Crippen LogP contribution in [0, 0.1) is 22.7 Å². The van der Waals surface area contributed by atoms with Gasteiger partial charge in [-0.1, -0.05) is 103 Å². The summed E-state index contributed by atoms with van der Waals surface area (Å²) >= 11 is 0. The van der Waals surface area contributed by atoms with Gasteiger partial charge in [0.05, 0.1) is 38.9 Å². The fraction of sp³-hybridized carbons (Fsp3) is 0. The molecule has 9 rings (SSSR count). The molecular formula is C44H26N4. The Kier molecular flexibility index (Phi) is 6.22. The smallest absolute Gasteiger partial charge is 0.101 e. The molecule has 0 saturated heterocycles. The van der Waals surface area contributed by atoms with E-state index in [0.29, 0.717) is 11.1 Å². The lowest BCUT2D eigenvalue weighted by Gasteiger charge is -2.16. The van der Waals surface area contributed by atoms with Crippen LogP contribution in [-0.4, -0.2) is 9.13 Å². The first-order valence-electron chi connectivity index (χ1n) is 15.9. The lowest BCUT2D eigenvalue weighted by atomic mass is 9.96. The minimum Gasteiger partial charge on any atom is -0.308 e. The first-order valence-corrected chi connectivity index (χ1v) is 15.9. The number of rotatable bonds is 4. The summed E-state index contributed by atoms with van der Waals surface area (Å²) in [6.07, 6.45) is 0. The summed E-state index contributed by atoms with van der Waals surface area (Å²) in [5.74, 6) is 0. The standard InChI is InChI=1S/C44H26N4/c45-27-31-22-21-30(26-43(31)48-41-19-8-4-14-36(41)37-15-5-9-20-42(37)48)34-23-33(29-11-2-1-3-12-29)24-35(25-34)47-40-18-7-6-16-38(40)39-17-10-13-32(28-46)44(39)47/h1-26H. The summed E-state index contributed by atoms with van der Waals surface area (Å²) in [4.78, 5) is 0. The fourth-order valence-corrected chi connectivity index (χ4v) is 7.25. The molecule has 0 bridgehead atoms. The van der Waals surface area contributed by atoms with Crippen LogP contribution in [0.15, 0.2) is 158 Å². The first kappa shape index (κ1) is 27.4. The highest BCUT2D eigenvalue weighted by atomic mass is 15.0. The van der Waals surface area contributed by atoms with Crippen molar-refractivity contribution in [1.82, 2.24) is 9.13 Å². The van der Waals surface area contributed by atoms with Gasteiger partial charge >= 0.3 is 0 Å². The summed E-state index contributed by atoms with van der Waals surface area (Å²) in [6, 6.07) is 59.0. The van der Waals surface area contributed by atoms with Crippen molar-refractivity contribution in [2.45, 2.75) is 0 Å². The monoisotopic (exact) mass is 610 g/mol. The van der Waals surface area contributed by atoms with Crippen LogP contribution in [0.3, 0.4) is 0 Å². The molecule has 0 radical (unpaired) electrons. The molecule has 0 fully saturated rings. The van der Waals surface area contributed by atoms with Gasteiger partial charge in [-0.3, -0.25) is 0 Å². The van der Waals surface area contributed by atoms with E-state index in [0.717, 1.165) is 77.2 Å². The van der Waals surface area contributed by atoms with Crippen LogP contribution in [0.25, 0.3) is 77.2 Å². The van der Waals surface area contributed by atoms with Crippen molar-refractivity contribution < 1.29 is 0 Å². The van der Waals surface area contributed by atoms with E-state index >= 15 is 0 Å². The first-order chi connectivity index (χ1) is 23.7. The van der Waals surface area contributed by atoms with E-state index in [-0.39, 0.29) is 0 Å². The molecule has 2 heterocycles. The molecule has 0 aliphatic heterocycles. The Morgan fingerprint density at radius 1 is 0.375 bits per heavy atom. The van der Waals surface area contributed by atoms with E-state index in [4.69, 9.17) is 0 Å². The SMILES string of the molecule is N#Cc1ccc(-c2cc(-c3ccccc3)cc(-n3c4ccccc4c4cccc(C#N)c43)c2)cc1-n1c2ccccc2c2ccccc21. The van der Waals surface area contributed by atoms with Gasteiger partial charge in [-0.25, -0.2) is 0 Å². The number of fused-ring (bicyclic) bond motifs is 6. The Hall–Kier alpha value is -6.88. The molecule has 4 nitrogen and oxygen atoms in total. The van der Waals surface area contributed by atoms with Gasteiger partial charge in [0, 0.05) is 27.2 Å². The Morgan fingerprint density at radius 3 is 1.56 bits per heavy atom. The second kappa shape index (κ2) is 10.9. The van der Waals surface area contributed by atoms with Gasteiger partial charge < -0.3 is 9.13 Å². The number of aromatic nitrogens is 2. The fourth-order valence-electron chi connectivity index (χ4n) is 7.25. The van der Waals surface area contributed by atoms with Gasteiger partial charge in [0.1, 0.15) is 12.1 Å². The van der Waals surface area contributed by atoms with Crippen molar-refractivity contribution in [3.05, 3.63) is 169 Å². The third kappa shape index (κ3) is 4.14. The van der Waals surface area contributed by atoms with E-state index in [1.54, 1.807) is 0 Å². The maximum absolute atomic E-state index is 10.3. The maximum atomic E-state index is 10.3. The normalized spacial score (nSPS) is 11.3. The summed E-state index contributed by atoms with van der Waals surface area (Å²) in [7, 11) is 0. The van der Waals surface area contributed by atoms with Crippen LogP contribution in [-0.2, 0) is 0 Å². The van der Waals surface area contributed by atoms with Crippen LogP contribution in [0.1, 0.15) is 11.1 Å². The van der Waals surface area contributed by atoms with Gasteiger partial charge in [-0.15, -0.1) is 0 Å².